The molecule has 1 aliphatic rings. The van der Waals surface area contributed by atoms with Crippen LogP contribution in [0.2, 0.25) is 5.02 Å². The highest BCUT2D eigenvalue weighted by molar-refractivity contribution is 6.31. The highest BCUT2D eigenvalue weighted by Crippen LogP contribution is 2.32. The second kappa shape index (κ2) is 8.54. The molecule has 154 valence electrons. The zero-order valence-corrected chi connectivity index (χ0v) is 16.9. The summed E-state index contributed by atoms with van der Waals surface area (Å²) in [6, 6.07) is 14.4. The van der Waals surface area contributed by atoms with Crippen molar-refractivity contribution < 1.29 is 18.7 Å². The maximum absolute atomic E-state index is 12.5. The molecule has 0 unspecified atom stereocenters. The Bertz CT molecular complexity index is 1070. The van der Waals surface area contributed by atoms with Gasteiger partial charge >= 0.3 is 6.01 Å². The van der Waals surface area contributed by atoms with E-state index in [0.717, 1.165) is 11.4 Å². The molecule has 1 N–H and O–H groups in total. The van der Waals surface area contributed by atoms with Crippen LogP contribution in [0.1, 0.15) is 23.8 Å². The molecule has 9 heteroatoms. The van der Waals surface area contributed by atoms with Gasteiger partial charge in [0.25, 0.3) is 0 Å². The number of carbonyl (C=O) groups excluding carboxylic acids is 2. The first-order valence-corrected chi connectivity index (χ1v) is 9.72. The molecule has 2 heterocycles. The van der Waals surface area contributed by atoms with E-state index in [1.165, 1.54) is 0 Å². The third-order valence-electron chi connectivity index (χ3n) is 4.85. The van der Waals surface area contributed by atoms with Gasteiger partial charge in [-0.05, 0) is 35.9 Å². The second-order valence-corrected chi connectivity index (χ2v) is 7.27. The maximum atomic E-state index is 12.5. The summed E-state index contributed by atoms with van der Waals surface area (Å²) in [6.07, 6.45) is 0.339. The van der Waals surface area contributed by atoms with Crippen molar-refractivity contribution in [3.63, 3.8) is 0 Å². The lowest BCUT2D eigenvalue weighted by Crippen LogP contribution is -2.24. The monoisotopic (exact) mass is 426 g/mol. The summed E-state index contributed by atoms with van der Waals surface area (Å²) in [6.45, 7) is 0.417. The molecule has 30 heavy (non-hydrogen) atoms. The lowest BCUT2D eigenvalue weighted by atomic mass is 10.1. The van der Waals surface area contributed by atoms with Crippen LogP contribution in [0.5, 0.6) is 5.75 Å². The van der Waals surface area contributed by atoms with Gasteiger partial charge in [-0.25, -0.2) is 0 Å². The average molecular weight is 427 g/mol. The largest absolute Gasteiger partial charge is 0.497 e. The van der Waals surface area contributed by atoms with Gasteiger partial charge in [0, 0.05) is 23.7 Å². The van der Waals surface area contributed by atoms with Crippen LogP contribution in [0.4, 0.5) is 11.7 Å². The van der Waals surface area contributed by atoms with Crippen LogP contribution < -0.4 is 15.0 Å². The number of halogens is 1. The predicted octanol–water partition coefficient (Wildman–Crippen LogP) is 3.43. The Morgan fingerprint density at radius 2 is 2.00 bits per heavy atom. The van der Waals surface area contributed by atoms with E-state index < -0.39 is 0 Å². The number of nitrogens with zero attached hydrogens (tertiary/aromatic N) is 3. The first-order chi connectivity index (χ1) is 14.5. The smallest absolute Gasteiger partial charge is 0.322 e. The predicted molar refractivity (Wildman–Crippen MR) is 111 cm³/mol. The number of amides is 2. The number of benzene rings is 2. The molecule has 1 atom stereocenters. The van der Waals surface area contributed by atoms with Crippen LogP contribution in [0.25, 0.3) is 0 Å². The lowest BCUT2D eigenvalue weighted by molar-refractivity contribution is -0.117. The molecule has 8 nitrogen and oxygen atoms in total. The summed E-state index contributed by atoms with van der Waals surface area (Å²) < 4.78 is 10.7. The molecular formula is C21H19ClN4O4. The Hall–Kier alpha value is -3.39. The van der Waals surface area contributed by atoms with E-state index in [4.69, 9.17) is 20.8 Å². The second-order valence-electron chi connectivity index (χ2n) is 6.87. The zero-order chi connectivity index (χ0) is 21.1. The number of aromatic nitrogens is 2. The van der Waals surface area contributed by atoms with Crippen molar-refractivity contribution >= 4 is 35.1 Å². The third kappa shape index (κ3) is 4.28. The van der Waals surface area contributed by atoms with E-state index >= 15 is 0 Å². The van der Waals surface area contributed by atoms with Gasteiger partial charge in [-0.15, -0.1) is 5.10 Å². The van der Waals surface area contributed by atoms with Crippen molar-refractivity contribution in [1.29, 1.82) is 0 Å². The van der Waals surface area contributed by atoms with Crippen LogP contribution in [0.3, 0.4) is 0 Å². The minimum absolute atomic E-state index is 0.00241. The van der Waals surface area contributed by atoms with Crippen LogP contribution in [0, 0.1) is 0 Å². The van der Waals surface area contributed by atoms with Crippen molar-refractivity contribution in [3.05, 3.63) is 65.0 Å². The molecule has 0 saturated carbocycles. The Labute approximate surface area is 177 Å². The fourth-order valence-corrected chi connectivity index (χ4v) is 3.52. The average Bonchev–Trinajstić information content (AvgIpc) is 3.36. The summed E-state index contributed by atoms with van der Waals surface area (Å²) in [5.74, 6) is 0.429. The number of methoxy groups -OCH3 is 1. The summed E-state index contributed by atoms with van der Waals surface area (Å²) in [5, 5.41) is 11.0. The summed E-state index contributed by atoms with van der Waals surface area (Å²) in [4.78, 5) is 26.4. The number of hydrogen-bond acceptors (Lipinski definition) is 6. The molecule has 4 rings (SSSR count). The molecule has 0 bridgehead atoms. The normalized spacial score (nSPS) is 16.0. The Morgan fingerprint density at radius 3 is 2.73 bits per heavy atom. The summed E-state index contributed by atoms with van der Waals surface area (Å²) >= 11 is 6.08. The van der Waals surface area contributed by atoms with Crippen LogP contribution in [-0.4, -0.2) is 35.7 Å². The lowest BCUT2D eigenvalue weighted by Gasteiger charge is -2.16. The Balaban J connectivity index is 1.39. The van der Waals surface area contributed by atoms with Crippen molar-refractivity contribution in [2.45, 2.75) is 18.8 Å². The van der Waals surface area contributed by atoms with Gasteiger partial charge in [0.05, 0.1) is 19.4 Å². The number of anilines is 2. The Morgan fingerprint density at radius 1 is 1.23 bits per heavy atom. The van der Waals surface area contributed by atoms with Crippen LogP contribution in [-0.2, 0) is 16.0 Å². The van der Waals surface area contributed by atoms with Gasteiger partial charge in [-0.2, -0.15) is 0 Å². The first-order valence-electron chi connectivity index (χ1n) is 9.34. The molecule has 1 saturated heterocycles. The fraction of sp³-hybridized carbons (Fsp3) is 0.238. The van der Waals surface area contributed by atoms with E-state index in [9.17, 15) is 9.59 Å². The maximum Gasteiger partial charge on any atom is 0.322 e. The molecule has 0 aliphatic carbocycles. The van der Waals surface area contributed by atoms with Crippen molar-refractivity contribution in [2.75, 3.05) is 23.9 Å². The van der Waals surface area contributed by atoms with E-state index in [-0.39, 0.29) is 36.6 Å². The van der Waals surface area contributed by atoms with Crippen LogP contribution >= 0.6 is 11.6 Å². The molecule has 1 aromatic heterocycles. The first kappa shape index (κ1) is 19.9. The molecule has 1 fully saturated rings. The molecule has 2 amide bonds. The molecule has 1 aliphatic heterocycles. The zero-order valence-electron chi connectivity index (χ0n) is 16.2. The fourth-order valence-electron chi connectivity index (χ4n) is 3.31. The molecule has 0 spiro atoms. The minimum Gasteiger partial charge on any atom is -0.497 e. The molecule has 3 aromatic rings. The van der Waals surface area contributed by atoms with Crippen molar-refractivity contribution in [2.24, 2.45) is 0 Å². The third-order valence-corrected chi connectivity index (χ3v) is 5.22. The summed E-state index contributed by atoms with van der Waals surface area (Å²) in [7, 11) is 1.59. The number of rotatable bonds is 6. The number of carbonyl (C=O) groups is 2. The molecule has 0 radical (unpaired) electrons. The molecule has 2 aromatic carbocycles. The van der Waals surface area contributed by atoms with E-state index in [0.29, 0.717) is 23.0 Å². The van der Waals surface area contributed by atoms with Gasteiger partial charge < -0.3 is 14.1 Å². The van der Waals surface area contributed by atoms with Gasteiger partial charge in [-0.1, -0.05) is 34.9 Å². The van der Waals surface area contributed by atoms with Gasteiger partial charge in [0.2, 0.25) is 17.7 Å². The minimum atomic E-state index is -0.319. The topological polar surface area (TPSA) is 97.6 Å². The van der Waals surface area contributed by atoms with E-state index in [2.05, 4.69) is 15.5 Å². The SMILES string of the molecule is COc1ccc(N2C[C@@H](c3nnc(NC(=O)Cc4ccccc4Cl)o3)CC2=O)cc1. The quantitative estimate of drug-likeness (QED) is 0.648. The number of hydrogen-bond donors (Lipinski definition) is 1. The van der Waals surface area contributed by atoms with E-state index in [1.807, 2.05) is 18.2 Å². The van der Waals surface area contributed by atoms with Crippen molar-refractivity contribution in [3.8, 4) is 5.75 Å². The van der Waals surface area contributed by atoms with Gasteiger partial charge in [-0.3, -0.25) is 14.9 Å². The molecular weight excluding hydrogens is 408 g/mol. The summed E-state index contributed by atoms with van der Waals surface area (Å²) in [5.41, 5.74) is 1.48. The number of nitrogens with one attached hydrogen (secondary N) is 1. The Kier molecular flexibility index (Phi) is 5.67. The standard InChI is InChI=1S/C21H19ClN4O4/c1-29-16-8-6-15(7-9-16)26-12-14(11-19(26)28)20-24-25-21(30-20)23-18(27)10-13-4-2-3-5-17(13)22/h2-9,14H,10-12H2,1H3,(H,23,25,27)/t14-/m0/s1. The highest BCUT2D eigenvalue weighted by atomic mass is 35.5. The van der Waals surface area contributed by atoms with Crippen LogP contribution in [0.15, 0.2) is 52.9 Å². The van der Waals surface area contributed by atoms with Gasteiger partial charge in [0.15, 0.2) is 0 Å². The highest BCUT2D eigenvalue weighted by Gasteiger charge is 2.35. The number of ether oxygens (including phenoxy) is 1. The van der Waals surface area contributed by atoms with E-state index in [1.54, 1.807) is 42.3 Å². The van der Waals surface area contributed by atoms with Gasteiger partial charge in [0.1, 0.15) is 5.75 Å². The van der Waals surface area contributed by atoms with Crippen molar-refractivity contribution in [1.82, 2.24) is 10.2 Å².